The Morgan fingerprint density at radius 1 is 1.00 bits per heavy atom. The van der Waals surface area contributed by atoms with E-state index in [9.17, 15) is 19.1 Å². The first kappa shape index (κ1) is 21.8. The Morgan fingerprint density at radius 3 is 2.31 bits per heavy atom. The van der Waals surface area contributed by atoms with Crippen LogP contribution in [-0.2, 0) is 0 Å². The lowest BCUT2D eigenvalue weighted by Crippen LogP contribution is -2.07. The van der Waals surface area contributed by atoms with E-state index in [1.807, 2.05) is 30.5 Å². The minimum absolute atomic E-state index is 0.0421. The van der Waals surface area contributed by atoms with Gasteiger partial charge in [-0.05, 0) is 66.9 Å². The van der Waals surface area contributed by atoms with Crippen LogP contribution in [0.2, 0.25) is 5.02 Å². The molecule has 32 heavy (non-hydrogen) atoms. The molecule has 0 saturated carbocycles. The van der Waals surface area contributed by atoms with Crippen LogP contribution in [0.1, 0.15) is 26.4 Å². The van der Waals surface area contributed by atoms with Gasteiger partial charge in [0, 0.05) is 16.0 Å². The second-order valence-electron chi connectivity index (χ2n) is 6.86. The van der Waals surface area contributed by atoms with E-state index in [1.165, 1.54) is 30.3 Å². The summed E-state index contributed by atoms with van der Waals surface area (Å²) in [4.78, 5) is 25.6. The minimum Gasteiger partial charge on any atom is -0.478 e. The van der Waals surface area contributed by atoms with Crippen LogP contribution >= 0.6 is 23.4 Å². The molecule has 1 heterocycles. The third-order valence-corrected chi connectivity index (χ3v) is 5.93. The first-order valence-corrected chi connectivity index (χ1v) is 11.1. The molecule has 0 aliphatic rings. The van der Waals surface area contributed by atoms with Crippen molar-refractivity contribution in [3.63, 3.8) is 0 Å². The van der Waals surface area contributed by atoms with Crippen LogP contribution in [0.5, 0.6) is 0 Å². The molecule has 0 atom stereocenters. The predicted molar refractivity (Wildman–Crippen MR) is 123 cm³/mol. The number of aromatic carboxylic acids is 1. The SMILES string of the molecule is CSc1ccc(-c2cc(C(=O)c3ccc(Cl)c(C(=O)O)c3)nn2-c2ccc(F)cc2)cc1. The van der Waals surface area contributed by atoms with E-state index in [1.54, 1.807) is 34.6 Å². The number of ketones is 1. The summed E-state index contributed by atoms with van der Waals surface area (Å²) in [5, 5.41) is 13.8. The number of nitrogens with zero attached hydrogens (tertiary/aromatic N) is 2. The predicted octanol–water partition coefficient (Wildman–Crippen LogP) is 5.98. The number of rotatable bonds is 6. The first-order valence-electron chi connectivity index (χ1n) is 9.45. The van der Waals surface area contributed by atoms with E-state index in [0.29, 0.717) is 11.4 Å². The molecule has 4 aromatic rings. The lowest BCUT2D eigenvalue weighted by molar-refractivity contribution is 0.0697. The van der Waals surface area contributed by atoms with Crippen molar-refractivity contribution in [1.82, 2.24) is 9.78 Å². The molecule has 0 saturated heterocycles. The highest BCUT2D eigenvalue weighted by atomic mass is 35.5. The van der Waals surface area contributed by atoms with Crippen molar-refractivity contribution >= 4 is 35.1 Å². The zero-order chi connectivity index (χ0) is 22.8. The van der Waals surface area contributed by atoms with Gasteiger partial charge in [0.2, 0.25) is 5.78 Å². The Balaban J connectivity index is 1.83. The number of hydrogen-bond acceptors (Lipinski definition) is 4. The van der Waals surface area contributed by atoms with E-state index in [0.717, 1.165) is 10.5 Å². The van der Waals surface area contributed by atoms with Crippen molar-refractivity contribution in [3.8, 4) is 16.9 Å². The Labute approximate surface area is 192 Å². The first-order chi connectivity index (χ1) is 15.4. The van der Waals surface area contributed by atoms with Crippen molar-refractivity contribution in [2.45, 2.75) is 4.90 Å². The van der Waals surface area contributed by atoms with Gasteiger partial charge < -0.3 is 5.11 Å². The fourth-order valence-corrected chi connectivity index (χ4v) is 3.82. The van der Waals surface area contributed by atoms with Crippen LogP contribution in [0.4, 0.5) is 4.39 Å². The van der Waals surface area contributed by atoms with Crippen LogP contribution in [0.15, 0.2) is 77.7 Å². The average molecular weight is 467 g/mol. The molecular formula is C24H16ClFN2O3S. The monoisotopic (exact) mass is 466 g/mol. The lowest BCUT2D eigenvalue weighted by Gasteiger charge is -2.08. The van der Waals surface area contributed by atoms with Crippen LogP contribution in [0.3, 0.4) is 0 Å². The number of halogens is 2. The largest absolute Gasteiger partial charge is 0.478 e. The Hall–Kier alpha value is -3.42. The van der Waals surface area contributed by atoms with Gasteiger partial charge in [0.05, 0.1) is 22.0 Å². The molecule has 3 aromatic carbocycles. The van der Waals surface area contributed by atoms with Crippen LogP contribution in [0.25, 0.3) is 16.9 Å². The summed E-state index contributed by atoms with van der Waals surface area (Å²) in [5.74, 6) is -2.06. The van der Waals surface area contributed by atoms with E-state index in [2.05, 4.69) is 5.10 Å². The summed E-state index contributed by atoms with van der Waals surface area (Å²) in [6.45, 7) is 0. The Bertz CT molecular complexity index is 1320. The van der Waals surface area contributed by atoms with Gasteiger partial charge in [-0.2, -0.15) is 5.10 Å². The smallest absolute Gasteiger partial charge is 0.337 e. The molecule has 0 spiro atoms. The van der Waals surface area contributed by atoms with E-state index < -0.39 is 11.8 Å². The second-order valence-corrected chi connectivity index (χ2v) is 8.15. The molecule has 160 valence electrons. The van der Waals surface area contributed by atoms with Gasteiger partial charge in [-0.3, -0.25) is 4.79 Å². The highest BCUT2D eigenvalue weighted by Gasteiger charge is 2.20. The van der Waals surface area contributed by atoms with Crippen molar-refractivity contribution in [1.29, 1.82) is 0 Å². The number of benzene rings is 3. The summed E-state index contributed by atoms with van der Waals surface area (Å²) < 4.78 is 15.0. The number of carbonyl (C=O) groups excluding carboxylic acids is 1. The summed E-state index contributed by atoms with van der Waals surface area (Å²) >= 11 is 7.53. The normalized spacial score (nSPS) is 10.8. The molecular weight excluding hydrogens is 451 g/mol. The van der Waals surface area contributed by atoms with Crippen molar-refractivity contribution in [2.24, 2.45) is 0 Å². The quantitative estimate of drug-likeness (QED) is 0.279. The number of hydrogen-bond donors (Lipinski definition) is 1. The molecule has 8 heteroatoms. The number of aromatic nitrogens is 2. The topological polar surface area (TPSA) is 72.2 Å². The zero-order valence-electron chi connectivity index (χ0n) is 16.8. The van der Waals surface area contributed by atoms with E-state index in [-0.39, 0.29) is 27.7 Å². The lowest BCUT2D eigenvalue weighted by atomic mass is 10.0. The maximum absolute atomic E-state index is 13.5. The van der Waals surface area contributed by atoms with Gasteiger partial charge in [-0.15, -0.1) is 11.8 Å². The molecule has 0 aliphatic heterocycles. The molecule has 0 fully saturated rings. The average Bonchev–Trinajstić information content (AvgIpc) is 3.24. The van der Waals surface area contributed by atoms with Gasteiger partial charge in [0.15, 0.2) is 0 Å². The number of thioether (sulfide) groups is 1. The summed E-state index contributed by atoms with van der Waals surface area (Å²) in [5.41, 5.74) is 2.15. The molecule has 1 N–H and O–H groups in total. The summed E-state index contributed by atoms with van der Waals surface area (Å²) in [7, 11) is 0. The van der Waals surface area contributed by atoms with Crippen molar-refractivity contribution < 1.29 is 19.1 Å². The molecule has 1 aromatic heterocycles. The molecule has 0 unspecified atom stereocenters. The fourth-order valence-electron chi connectivity index (χ4n) is 3.22. The third kappa shape index (κ3) is 4.30. The Morgan fingerprint density at radius 2 is 1.69 bits per heavy atom. The minimum atomic E-state index is -1.23. The Kier molecular flexibility index (Phi) is 6.12. The fraction of sp³-hybridized carbons (Fsp3) is 0.0417. The van der Waals surface area contributed by atoms with Crippen LogP contribution in [0, 0.1) is 5.82 Å². The van der Waals surface area contributed by atoms with Crippen LogP contribution < -0.4 is 0 Å². The molecule has 5 nitrogen and oxygen atoms in total. The number of carboxylic acids is 1. The van der Waals surface area contributed by atoms with E-state index >= 15 is 0 Å². The number of carbonyl (C=O) groups is 2. The highest BCUT2D eigenvalue weighted by Crippen LogP contribution is 2.28. The molecule has 0 bridgehead atoms. The zero-order valence-corrected chi connectivity index (χ0v) is 18.3. The standard InChI is InChI=1S/C24H16ClFN2O3S/c1-32-18-9-2-14(3-10-18)22-13-21(27-28(22)17-7-5-16(26)6-8-17)23(29)15-4-11-20(25)19(12-15)24(30)31/h2-13H,1H3,(H,30,31). The van der Waals surface area contributed by atoms with Crippen molar-refractivity contribution in [2.75, 3.05) is 6.26 Å². The summed E-state index contributed by atoms with van der Waals surface area (Å²) in [6.07, 6.45) is 1.98. The number of carboxylic acid groups (broad SMARTS) is 1. The molecule has 0 radical (unpaired) electrons. The van der Waals surface area contributed by atoms with Gasteiger partial charge in [-0.1, -0.05) is 23.7 Å². The van der Waals surface area contributed by atoms with E-state index in [4.69, 9.17) is 11.6 Å². The van der Waals surface area contributed by atoms with Gasteiger partial charge in [0.1, 0.15) is 11.5 Å². The second kappa shape index (κ2) is 8.98. The molecule has 0 aliphatic carbocycles. The van der Waals surface area contributed by atoms with Crippen LogP contribution in [-0.4, -0.2) is 32.9 Å². The molecule has 4 rings (SSSR count). The third-order valence-electron chi connectivity index (χ3n) is 4.86. The van der Waals surface area contributed by atoms with Gasteiger partial charge >= 0.3 is 5.97 Å². The molecule has 0 amide bonds. The van der Waals surface area contributed by atoms with Crippen molar-refractivity contribution in [3.05, 3.63) is 100 Å². The highest BCUT2D eigenvalue weighted by molar-refractivity contribution is 7.98. The van der Waals surface area contributed by atoms with Gasteiger partial charge in [0.25, 0.3) is 0 Å². The maximum atomic E-state index is 13.5. The summed E-state index contributed by atoms with van der Waals surface area (Å²) in [6, 6.07) is 19.2. The maximum Gasteiger partial charge on any atom is 0.337 e. The van der Waals surface area contributed by atoms with Gasteiger partial charge in [-0.25, -0.2) is 13.9 Å².